The maximum absolute atomic E-state index is 5.58. The third-order valence-electron chi connectivity index (χ3n) is 2.10. The molecule has 0 atom stereocenters. The predicted octanol–water partition coefficient (Wildman–Crippen LogP) is 0.232. The zero-order valence-electron chi connectivity index (χ0n) is 9.85. The highest BCUT2D eigenvalue weighted by molar-refractivity contribution is 4.91. The van der Waals surface area contributed by atoms with Crippen LogP contribution in [-0.4, -0.2) is 39.5 Å². The number of hydrogen-bond acceptors (Lipinski definition) is 4. The Kier molecular flexibility index (Phi) is 4.71. The summed E-state index contributed by atoms with van der Waals surface area (Å²) in [5.41, 5.74) is 6.59. The molecule has 0 saturated heterocycles. The predicted molar refractivity (Wildman–Crippen MR) is 60.2 cm³/mol. The van der Waals surface area contributed by atoms with Crippen LogP contribution in [0.25, 0.3) is 0 Å². The number of nitrogens with two attached hydrogens (primary N) is 1. The lowest BCUT2D eigenvalue weighted by Gasteiger charge is -2.22. The number of aryl methyl sites for hydroxylation is 1. The van der Waals surface area contributed by atoms with Crippen LogP contribution in [0.15, 0.2) is 6.20 Å². The molecule has 0 aliphatic carbocycles. The number of hydrogen-bond donors (Lipinski definition) is 1. The maximum Gasteiger partial charge on any atom is 0.0967 e. The Morgan fingerprint density at radius 1 is 1.53 bits per heavy atom. The van der Waals surface area contributed by atoms with Crippen LogP contribution < -0.4 is 5.73 Å². The Morgan fingerprint density at radius 3 is 2.73 bits per heavy atom. The normalized spacial score (nSPS) is 11.6. The topological polar surface area (TPSA) is 60.0 Å². The van der Waals surface area contributed by atoms with Crippen molar-refractivity contribution in [1.82, 2.24) is 19.9 Å². The van der Waals surface area contributed by atoms with Crippen molar-refractivity contribution >= 4 is 0 Å². The van der Waals surface area contributed by atoms with E-state index in [0.29, 0.717) is 12.5 Å². The molecule has 1 rings (SSSR count). The minimum absolute atomic E-state index is 0.647. The monoisotopic (exact) mass is 211 g/mol. The Labute approximate surface area is 91.2 Å². The van der Waals surface area contributed by atoms with Gasteiger partial charge in [-0.15, -0.1) is 5.10 Å². The van der Waals surface area contributed by atoms with Crippen molar-refractivity contribution < 1.29 is 0 Å². The fourth-order valence-corrected chi connectivity index (χ4v) is 1.63. The molecule has 15 heavy (non-hydrogen) atoms. The van der Waals surface area contributed by atoms with Gasteiger partial charge in [-0.05, 0) is 5.92 Å². The SMILES string of the molecule is CC(C)CN(CCN)Cc1cn(C)nn1. The first kappa shape index (κ1) is 12.1. The van der Waals surface area contributed by atoms with E-state index in [9.17, 15) is 0 Å². The van der Waals surface area contributed by atoms with Crippen molar-refractivity contribution in [2.75, 3.05) is 19.6 Å². The van der Waals surface area contributed by atoms with Gasteiger partial charge in [-0.3, -0.25) is 9.58 Å². The molecule has 0 saturated carbocycles. The molecule has 1 aromatic rings. The molecule has 86 valence electrons. The van der Waals surface area contributed by atoms with Crippen molar-refractivity contribution in [3.05, 3.63) is 11.9 Å². The third-order valence-corrected chi connectivity index (χ3v) is 2.10. The van der Waals surface area contributed by atoms with Crippen LogP contribution in [0.4, 0.5) is 0 Å². The molecule has 0 radical (unpaired) electrons. The molecule has 0 aromatic carbocycles. The van der Waals surface area contributed by atoms with Crippen LogP contribution in [0.2, 0.25) is 0 Å². The van der Waals surface area contributed by atoms with Crippen LogP contribution in [0.1, 0.15) is 19.5 Å². The zero-order chi connectivity index (χ0) is 11.3. The number of rotatable bonds is 6. The molecule has 2 N–H and O–H groups in total. The van der Waals surface area contributed by atoms with Crippen molar-refractivity contribution in [3.63, 3.8) is 0 Å². The molecule has 5 heteroatoms. The summed E-state index contributed by atoms with van der Waals surface area (Å²) in [5.74, 6) is 0.647. The van der Waals surface area contributed by atoms with Crippen LogP contribution in [0.3, 0.4) is 0 Å². The van der Waals surface area contributed by atoms with E-state index in [0.717, 1.165) is 25.3 Å². The van der Waals surface area contributed by atoms with Gasteiger partial charge in [0.1, 0.15) is 0 Å². The highest BCUT2D eigenvalue weighted by Crippen LogP contribution is 2.03. The fourth-order valence-electron chi connectivity index (χ4n) is 1.63. The van der Waals surface area contributed by atoms with Crippen LogP contribution in [0, 0.1) is 5.92 Å². The molecule has 0 unspecified atom stereocenters. The average Bonchev–Trinajstić information content (AvgIpc) is 2.50. The minimum atomic E-state index is 0.647. The molecule has 0 spiro atoms. The van der Waals surface area contributed by atoms with Gasteiger partial charge >= 0.3 is 0 Å². The van der Waals surface area contributed by atoms with E-state index < -0.39 is 0 Å². The lowest BCUT2D eigenvalue weighted by atomic mass is 10.2. The zero-order valence-corrected chi connectivity index (χ0v) is 9.85. The van der Waals surface area contributed by atoms with Crippen LogP contribution in [0.5, 0.6) is 0 Å². The first-order valence-corrected chi connectivity index (χ1v) is 5.39. The quantitative estimate of drug-likeness (QED) is 0.732. The van der Waals surface area contributed by atoms with E-state index in [-0.39, 0.29) is 0 Å². The van der Waals surface area contributed by atoms with E-state index in [1.54, 1.807) is 4.68 Å². The van der Waals surface area contributed by atoms with Gasteiger partial charge in [-0.1, -0.05) is 19.1 Å². The van der Waals surface area contributed by atoms with Gasteiger partial charge in [0.15, 0.2) is 0 Å². The third kappa shape index (κ3) is 4.40. The van der Waals surface area contributed by atoms with E-state index in [4.69, 9.17) is 5.73 Å². The molecule has 0 aliphatic heterocycles. The van der Waals surface area contributed by atoms with Gasteiger partial charge < -0.3 is 5.73 Å². The Balaban J connectivity index is 2.50. The van der Waals surface area contributed by atoms with Crippen LogP contribution >= 0.6 is 0 Å². The summed E-state index contributed by atoms with van der Waals surface area (Å²) < 4.78 is 1.73. The molecule has 0 fully saturated rings. The summed E-state index contributed by atoms with van der Waals surface area (Å²) in [6, 6.07) is 0. The van der Waals surface area contributed by atoms with E-state index >= 15 is 0 Å². The van der Waals surface area contributed by atoms with Gasteiger partial charge in [-0.2, -0.15) is 0 Å². The van der Waals surface area contributed by atoms with Gasteiger partial charge in [0, 0.05) is 39.4 Å². The standard InChI is InChI=1S/C10H21N5/c1-9(2)6-15(5-4-11)8-10-7-14(3)13-12-10/h7,9H,4-6,8,11H2,1-3H3. The smallest absolute Gasteiger partial charge is 0.0967 e. The lowest BCUT2D eigenvalue weighted by Crippen LogP contribution is -2.32. The van der Waals surface area contributed by atoms with E-state index in [2.05, 4.69) is 29.1 Å². The maximum atomic E-state index is 5.58. The van der Waals surface area contributed by atoms with Crippen molar-refractivity contribution in [2.45, 2.75) is 20.4 Å². The highest BCUT2D eigenvalue weighted by Gasteiger charge is 2.09. The fraction of sp³-hybridized carbons (Fsp3) is 0.800. The van der Waals surface area contributed by atoms with Gasteiger partial charge in [0.25, 0.3) is 0 Å². The highest BCUT2D eigenvalue weighted by atomic mass is 15.4. The van der Waals surface area contributed by atoms with Gasteiger partial charge in [-0.25, -0.2) is 0 Å². The first-order chi connectivity index (χ1) is 7.11. The molecule has 5 nitrogen and oxygen atoms in total. The Morgan fingerprint density at radius 2 is 2.27 bits per heavy atom. The van der Waals surface area contributed by atoms with Crippen LogP contribution in [-0.2, 0) is 13.6 Å². The summed E-state index contributed by atoms with van der Waals surface area (Å²) in [5, 5.41) is 7.99. The molecular formula is C10H21N5. The van der Waals surface area contributed by atoms with Gasteiger partial charge in [0.05, 0.1) is 5.69 Å². The summed E-state index contributed by atoms with van der Waals surface area (Å²) >= 11 is 0. The second-order valence-electron chi connectivity index (χ2n) is 4.30. The average molecular weight is 211 g/mol. The second-order valence-corrected chi connectivity index (χ2v) is 4.30. The van der Waals surface area contributed by atoms with E-state index in [1.165, 1.54) is 0 Å². The number of aromatic nitrogens is 3. The molecule has 1 aromatic heterocycles. The van der Waals surface area contributed by atoms with Crippen molar-refractivity contribution in [2.24, 2.45) is 18.7 Å². The molecule has 0 amide bonds. The molecular weight excluding hydrogens is 190 g/mol. The second kappa shape index (κ2) is 5.82. The molecule has 1 heterocycles. The van der Waals surface area contributed by atoms with Crippen molar-refractivity contribution in [3.8, 4) is 0 Å². The molecule has 0 aliphatic rings. The minimum Gasteiger partial charge on any atom is -0.329 e. The lowest BCUT2D eigenvalue weighted by molar-refractivity contribution is 0.240. The summed E-state index contributed by atoms with van der Waals surface area (Å²) in [6.07, 6.45) is 1.95. The summed E-state index contributed by atoms with van der Waals surface area (Å²) in [6.45, 7) is 7.90. The largest absolute Gasteiger partial charge is 0.329 e. The summed E-state index contributed by atoms with van der Waals surface area (Å²) in [4.78, 5) is 2.31. The summed E-state index contributed by atoms with van der Waals surface area (Å²) in [7, 11) is 1.88. The van der Waals surface area contributed by atoms with Gasteiger partial charge in [0.2, 0.25) is 0 Å². The molecule has 0 bridgehead atoms. The Bertz CT molecular complexity index is 281. The van der Waals surface area contributed by atoms with Crippen molar-refractivity contribution in [1.29, 1.82) is 0 Å². The number of nitrogens with zero attached hydrogens (tertiary/aromatic N) is 4. The Hall–Kier alpha value is -0.940. The van der Waals surface area contributed by atoms with E-state index in [1.807, 2.05) is 13.2 Å². The first-order valence-electron chi connectivity index (χ1n) is 5.39.